The second-order valence-electron chi connectivity index (χ2n) is 6.78. The Balaban J connectivity index is 2.15. The van der Waals surface area contributed by atoms with E-state index in [4.69, 9.17) is 0 Å². The predicted octanol–water partition coefficient (Wildman–Crippen LogP) is 3.62. The Bertz CT molecular complexity index is 1050. The third kappa shape index (κ3) is 3.69. The van der Waals surface area contributed by atoms with Crippen molar-refractivity contribution in [2.75, 3.05) is 0 Å². The van der Waals surface area contributed by atoms with Gasteiger partial charge in [-0.05, 0) is 0 Å². The van der Waals surface area contributed by atoms with Crippen molar-refractivity contribution in [3.05, 3.63) is 120 Å². The minimum absolute atomic E-state index is 0.397. The van der Waals surface area contributed by atoms with E-state index in [9.17, 15) is 17.6 Å². The molecule has 0 heterocycles. The first kappa shape index (κ1) is 19.7. The molecule has 0 aromatic heterocycles. The molecule has 0 aliphatic rings. The van der Waals surface area contributed by atoms with Crippen LogP contribution in [0.2, 0.25) is 0 Å². The Kier molecular flexibility index (Phi) is 5.45. The zero-order valence-corrected chi connectivity index (χ0v) is 18.1. The molecule has 4 aromatic carbocycles. The van der Waals surface area contributed by atoms with E-state index in [0.717, 1.165) is 14.3 Å². The Morgan fingerprint density at radius 1 is 0.379 bits per heavy atom. The van der Waals surface area contributed by atoms with Crippen LogP contribution in [-0.4, -0.2) is 18.4 Å². The molecule has 0 aliphatic carbocycles. The second-order valence-corrected chi connectivity index (χ2v) is 17.7. The van der Waals surface area contributed by atoms with Gasteiger partial charge in [-0.1, -0.05) is 0 Å². The summed E-state index contributed by atoms with van der Waals surface area (Å²) in [6, 6.07) is 24.5. The second kappa shape index (κ2) is 8.03. The van der Waals surface area contributed by atoms with Gasteiger partial charge in [-0.25, -0.2) is 0 Å². The molecule has 0 saturated heterocycles. The van der Waals surface area contributed by atoms with Crippen molar-refractivity contribution < 1.29 is 17.6 Å². The number of halogens is 4. The first-order valence-corrected chi connectivity index (χ1v) is 14.7. The molecule has 4 aromatic rings. The van der Waals surface area contributed by atoms with E-state index < -0.39 is 41.6 Å². The van der Waals surface area contributed by atoms with E-state index in [0.29, 0.717) is 0 Å². The van der Waals surface area contributed by atoms with Gasteiger partial charge >= 0.3 is 171 Å². The molecular weight excluding hydrogens is 483 g/mol. The van der Waals surface area contributed by atoms with Gasteiger partial charge in [0.25, 0.3) is 0 Å². The van der Waals surface area contributed by atoms with Gasteiger partial charge in [0.2, 0.25) is 0 Å². The summed E-state index contributed by atoms with van der Waals surface area (Å²) in [4.78, 5) is 0. The molecule has 144 valence electrons. The molecule has 0 atom stereocenters. The fraction of sp³-hybridized carbons (Fsp3) is 0. The molecule has 0 spiro atoms. The molecule has 0 N–H and O–H groups in total. The topological polar surface area (TPSA) is 0 Å². The minimum atomic E-state index is -4.27. The van der Waals surface area contributed by atoms with Gasteiger partial charge in [0.15, 0.2) is 0 Å². The van der Waals surface area contributed by atoms with Crippen LogP contribution in [-0.2, 0) is 0 Å². The predicted molar refractivity (Wildman–Crippen MR) is 110 cm³/mol. The number of benzene rings is 4. The van der Waals surface area contributed by atoms with Crippen LogP contribution in [0.4, 0.5) is 17.6 Å². The molecule has 5 heteroatoms. The summed E-state index contributed by atoms with van der Waals surface area (Å²) in [5, 5.41) is 0. The molecule has 0 amide bonds. The molecule has 0 saturated carbocycles. The Morgan fingerprint density at radius 2 is 0.759 bits per heavy atom. The van der Waals surface area contributed by atoms with Gasteiger partial charge in [0.05, 0.1) is 0 Å². The monoisotopic (exact) mass is 500 g/mol. The van der Waals surface area contributed by atoms with Crippen molar-refractivity contribution in [2.24, 2.45) is 0 Å². The number of hydrogen-bond donors (Lipinski definition) is 0. The van der Waals surface area contributed by atoms with E-state index in [1.54, 1.807) is 36.4 Å². The first-order valence-electron chi connectivity index (χ1n) is 9.04. The molecule has 0 unspecified atom stereocenters. The summed E-state index contributed by atoms with van der Waals surface area (Å²) in [6.07, 6.45) is 0. The van der Waals surface area contributed by atoms with Crippen LogP contribution in [0.5, 0.6) is 0 Å². The molecule has 0 bridgehead atoms. The van der Waals surface area contributed by atoms with Crippen molar-refractivity contribution in [1.82, 2.24) is 0 Å². The summed E-state index contributed by atoms with van der Waals surface area (Å²) < 4.78 is 59.1. The van der Waals surface area contributed by atoms with Crippen LogP contribution < -0.4 is 14.3 Å². The fourth-order valence-corrected chi connectivity index (χ4v) is 17.4. The van der Waals surface area contributed by atoms with E-state index in [1.807, 2.05) is 12.1 Å². The maximum absolute atomic E-state index is 14.3. The van der Waals surface area contributed by atoms with Gasteiger partial charge in [-0.2, -0.15) is 0 Å². The van der Waals surface area contributed by atoms with Crippen molar-refractivity contribution in [3.8, 4) is 0 Å². The Labute approximate surface area is 170 Å². The third-order valence-electron chi connectivity index (χ3n) is 5.07. The van der Waals surface area contributed by atoms with Crippen molar-refractivity contribution >= 4 is 32.7 Å². The molecule has 0 radical (unpaired) electrons. The van der Waals surface area contributed by atoms with Crippen molar-refractivity contribution in [2.45, 2.75) is 0 Å². The molecule has 4 rings (SSSR count). The summed E-state index contributed by atoms with van der Waals surface area (Å²) in [5.74, 6) is -1.62. The van der Waals surface area contributed by atoms with E-state index in [-0.39, 0.29) is 0 Å². The van der Waals surface area contributed by atoms with Gasteiger partial charge in [-0.15, -0.1) is 0 Å². The SMILES string of the molecule is Fc1cc[c]([Sn]([c]2ccc(F)cc2)([c]2cccc(F)c2)[c]2cccc(F)c2)cc1. The van der Waals surface area contributed by atoms with Gasteiger partial charge in [0, 0.05) is 0 Å². The maximum atomic E-state index is 14.3. The fourth-order valence-electron chi connectivity index (χ4n) is 3.84. The normalized spacial score (nSPS) is 11.4. The Morgan fingerprint density at radius 3 is 1.10 bits per heavy atom. The number of hydrogen-bond acceptors (Lipinski definition) is 0. The average molecular weight is 499 g/mol. The standard InChI is InChI=1S/4C6H4F.Sn/c4*7-6-4-2-1-3-5-6;/h2*2-5H;2*1-2,4-5H;. The van der Waals surface area contributed by atoms with E-state index in [1.165, 1.54) is 48.5 Å². The van der Waals surface area contributed by atoms with Crippen LogP contribution >= 0.6 is 0 Å². The molecule has 0 nitrogen and oxygen atoms in total. The van der Waals surface area contributed by atoms with Crippen LogP contribution in [0.1, 0.15) is 0 Å². The molecule has 0 aliphatic heterocycles. The third-order valence-corrected chi connectivity index (χ3v) is 18.6. The van der Waals surface area contributed by atoms with Crippen LogP contribution in [0, 0.1) is 23.3 Å². The number of rotatable bonds is 4. The van der Waals surface area contributed by atoms with E-state index >= 15 is 0 Å². The van der Waals surface area contributed by atoms with Crippen LogP contribution in [0.3, 0.4) is 0 Å². The summed E-state index contributed by atoms with van der Waals surface area (Å²) >= 11 is -4.27. The summed E-state index contributed by atoms with van der Waals surface area (Å²) in [5.41, 5.74) is 0. The molecular formula is C24H16F4Sn. The molecule has 0 fully saturated rings. The van der Waals surface area contributed by atoms with Gasteiger partial charge in [0.1, 0.15) is 0 Å². The van der Waals surface area contributed by atoms with Gasteiger partial charge < -0.3 is 0 Å². The van der Waals surface area contributed by atoms with Crippen LogP contribution in [0.25, 0.3) is 0 Å². The van der Waals surface area contributed by atoms with Gasteiger partial charge in [-0.3, -0.25) is 0 Å². The van der Waals surface area contributed by atoms with Crippen LogP contribution in [0.15, 0.2) is 97.1 Å². The Hall–Kier alpha value is -2.60. The summed E-state index contributed by atoms with van der Waals surface area (Å²) in [7, 11) is 0. The summed E-state index contributed by atoms with van der Waals surface area (Å²) in [6.45, 7) is 0. The zero-order chi connectivity index (χ0) is 20.4. The van der Waals surface area contributed by atoms with Crippen molar-refractivity contribution in [3.63, 3.8) is 0 Å². The van der Waals surface area contributed by atoms with Crippen molar-refractivity contribution in [1.29, 1.82) is 0 Å². The average Bonchev–Trinajstić information content (AvgIpc) is 2.71. The quantitative estimate of drug-likeness (QED) is 0.298. The van der Waals surface area contributed by atoms with E-state index in [2.05, 4.69) is 0 Å². The first-order chi connectivity index (χ1) is 14.0. The zero-order valence-electron chi connectivity index (χ0n) is 15.2. The molecule has 29 heavy (non-hydrogen) atoms.